The van der Waals surface area contributed by atoms with Gasteiger partial charge in [-0.15, -0.1) is 0 Å². The Bertz CT molecular complexity index is 508. The number of nitrogens with zero attached hydrogens (tertiary/aromatic N) is 1. The summed E-state index contributed by atoms with van der Waals surface area (Å²) in [6.45, 7) is 5.66. The van der Waals surface area contributed by atoms with Crippen molar-refractivity contribution in [1.29, 1.82) is 0 Å². The van der Waals surface area contributed by atoms with E-state index in [0.29, 0.717) is 17.1 Å². The molecule has 2 N–H and O–H groups in total. The summed E-state index contributed by atoms with van der Waals surface area (Å²) in [5.74, 6) is -0.267. The lowest BCUT2D eigenvalue weighted by molar-refractivity contribution is -0.136. The molecule has 0 saturated carbocycles. The summed E-state index contributed by atoms with van der Waals surface area (Å²) in [6, 6.07) is 0. The van der Waals surface area contributed by atoms with Crippen LogP contribution in [-0.4, -0.2) is 28.2 Å². The highest BCUT2D eigenvalue weighted by Gasteiger charge is 2.19. The van der Waals surface area contributed by atoms with E-state index >= 15 is 0 Å². The predicted octanol–water partition coefficient (Wildman–Crippen LogP) is 1.44. The van der Waals surface area contributed by atoms with E-state index < -0.39 is 5.97 Å². The van der Waals surface area contributed by atoms with Gasteiger partial charge in [-0.05, 0) is 19.3 Å². The Morgan fingerprint density at radius 2 is 2.11 bits per heavy atom. The van der Waals surface area contributed by atoms with Crippen molar-refractivity contribution in [3.05, 3.63) is 27.4 Å². The van der Waals surface area contributed by atoms with Crippen LogP contribution in [0.3, 0.4) is 0 Å². The quantitative estimate of drug-likeness (QED) is 0.814. The number of aryl methyl sites for hydroxylation is 1. The standard InChI is InChI=1S/C13H20N2O4/c1-7(2)11(19-4)12-14-8(3)9(13(18)15-12)5-6-10(16)17/h7,11H,5-6H2,1-4H3,(H,16,17)(H,14,15,18). The van der Waals surface area contributed by atoms with Crippen molar-refractivity contribution in [1.82, 2.24) is 9.97 Å². The first-order valence-electron chi connectivity index (χ1n) is 6.21. The van der Waals surface area contributed by atoms with Crippen LogP contribution in [-0.2, 0) is 16.0 Å². The summed E-state index contributed by atoms with van der Waals surface area (Å²) in [4.78, 5) is 29.5. The van der Waals surface area contributed by atoms with Crippen LogP contribution in [0.4, 0.5) is 0 Å². The first-order chi connectivity index (χ1) is 8.86. The Labute approximate surface area is 111 Å². The van der Waals surface area contributed by atoms with Gasteiger partial charge in [0.1, 0.15) is 11.9 Å². The van der Waals surface area contributed by atoms with Crippen LogP contribution in [0.5, 0.6) is 0 Å². The molecule has 6 heteroatoms. The van der Waals surface area contributed by atoms with Crippen molar-refractivity contribution in [2.24, 2.45) is 5.92 Å². The number of aromatic amines is 1. The van der Waals surface area contributed by atoms with E-state index in [1.54, 1.807) is 14.0 Å². The van der Waals surface area contributed by atoms with Crippen LogP contribution in [0.2, 0.25) is 0 Å². The molecular formula is C13H20N2O4. The lowest BCUT2D eigenvalue weighted by Gasteiger charge is -2.19. The minimum atomic E-state index is -0.931. The Morgan fingerprint density at radius 1 is 1.47 bits per heavy atom. The Balaban J connectivity index is 3.09. The van der Waals surface area contributed by atoms with E-state index in [1.807, 2.05) is 13.8 Å². The molecule has 0 aromatic carbocycles. The Hall–Kier alpha value is -1.69. The molecule has 0 fully saturated rings. The fourth-order valence-electron chi connectivity index (χ4n) is 1.99. The molecule has 0 radical (unpaired) electrons. The number of hydrogen-bond donors (Lipinski definition) is 2. The maximum atomic E-state index is 12.0. The highest BCUT2D eigenvalue weighted by molar-refractivity contribution is 5.67. The zero-order valence-corrected chi connectivity index (χ0v) is 11.7. The number of methoxy groups -OCH3 is 1. The molecular weight excluding hydrogens is 248 g/mol. The van der Waals surface area contributed by atoms with Gasteiger partial charge in [-0.25, -0.2) is 4.98 Å². The van der Waals surface area contributed by atoms with Crippen LogP contribution in [0, 0.1) is 12.8 Å². The topological polar surface area (TPSA) is 92.3 Å². The maximum absolute atomic E-state index is 12.0. The van der Waals surface area contributed by atoms with Gasteiger partial charge < -0.3 is 14.8 Å². The third-order valence-electron chi connectivity index (χ3n) is 2.96. The molecule has 1 heterocycles. The number of nitrogens with one attached hydrogen (secondary N) is 1. The second-order valence-electron chi connectivity index (χ2n) is 4.81. The third-order valence-corrected chi connectivity index (χ3v) is 2.96. The zero-order valence-electron chi connectivity index (χ0n) is 11.7. The molecule has 0 amide bonds. The summed E-state index contributed by atoms with van der Waals surface area (Å²) < 4.78 is 5.32. The molecule has 0 bridgehead atoms. The zero-order chi connectivity index (χ0) is 14.6. The van der Waals surface area contributed by atoms with E-state index in [1.165, 1.54) is 0 Å². The number of H-pyrrole nitrogens is 1. The van der Waals surface area contributed by atoms with Crippen molar-refractivity contribution < 1.29 is 14.6 Å². The van der Waals surface area contributed by atoms with E-state index in [0.717, 1.165) is 0 Å². The fraction of sp³-hybridized carbons (Fsp3) is 0.615. The largest absolute Gasteiger partial charge is 0.481 e. The van der Waals surface area contributed by atoms with Crippen molar-refractivity contribution >= 4 is 5.97 Å². The minimum absolute atomic E-state index is 0.0805. The molecule has 1 atom stereocenters. The number of carbonyl (C=O) groups is 1. The van der Waals surface area contributed by atoms with Crippen LogP contribution >= 0.6 is 0 Å². The third kappa shape index (κ3) is 3.89. The Kier molecular flexibility index (Phi) is 5.23. The van der Waals surface area contributed by atoms with Crippen molar-refractivity contribution in [3.63, 3.8) is 0 Å². The summed E-state index contributed by atoms with van der Waals surface area (Å²) in [5, 5.41) is 8.66. The Morgan fingerprint density at radius 3 is 2.53 bits per heavy atom. The SMILES string of the molecule is COC(c1nc(C)c(CCC(=O)O)c(=O)[nH]1)C(C)C. The lowest BCUT2D eigenvalue weighted by atomic mass is 10.1. The molecule has 1 aromatic rings. The van der Waals surface area contributed by atoms with E-state index in [9.17, 15) is 9.59 Å². The summed E-state index contributed by atoms with van der Waals surface area (Å²) >= 11 is 0. The highest BCUT2D eigenvalue weighted by atomic mass is 16.5. The average Bonchev–Trinajstić information content (AvgIpc) is 2.27. The molecule has 19 heavy (non-hydrogen) atoms. The lowest BCUT2D eigenvalue weighted by Crippen LogP contribution is -2.23. The number of ether oxygens (including phenoxy) is 1. The molecule has 1 unspecified atom stereocenters. The molecule has 1 aromatic heterocycles. The van der Waals surface area contributed by atoms with Gasteiger partial charge >= 0.3 is 5.97 Å². The number of hydrogen-bond acceptors (Lipinski definition) is 4. The molecule has 0 aliphatic carbocycles. The van der Waals surface area contributed by atoms with Gasteiger partial charge in [-0.3, -0.25) is 9.59 Å². The predicted molar refractivity (Wildman–Crippen MR) is 70.1 cm³/mol. The van der Waals surface area contributed by atoms with Crippen molar-refractivity contribution in [2.75, 3.05) is 7.11 Å². The fourth-order valence-corrected chi connectivity index (χ4v) is 1.99. The molecule has 6 nitrogen and oxygen atoms in total. The van der Waals surface area contributed by atoms with Gasteiger partial charge in [0.15, 0.2) is 0 Å². The van der Waals surface area contributed by atoms with E-state index in [4.69, 9.17) is 9.84 Å². The maximum Gasteiger partial charge on any atom is 0.303 e. The van der Waals surface area contributed by atoms with E-state index in [-0.39, 0.29) is 30.4 Å². The molecule has 1 rings (SSSR count). The number of aromatic nitrogens is 2. The van der Waals surface area contributed by atoms with Gasteiger partial charge in [0, 0.05) is 24.8 Å². The number of carboxylic acids is 1. The molecule has 0 spiro atoms. The summed E-state index contributed by atoms with van der Waals surface area (Å²) in [5.41, 5.74) is 0.693. The molecule has 0 aliphatic heterocycles. The monoisotopic (exact) mass is 268 g/mol. The number of carboxylic acid groups (broad SMARTS) is 1. The van der Waals surface area contributed by atoms with Gasteiger partial charge in [0.25, 0.3) is 5.56 Å². The molecule has 0 saturated heterocycles. The van der Waals surface area contributed by atoms with Crippen LogP contribution < -0.4 is 5.56 Å². The highest BCUT2D eigenvalue weighted by Crippen LogP contribution is 2.21. The first kappa shape index (κ1) is 15.4. The van der Waals surface area contributed by atoms with Crippen molar-refractivity contribution in [2.45, 2.75) is 39.7 Å². The van der Waals surface area contributed by atoms with Crippen LogP contribution in [0.25, 0.3) is 0 Å². The van der Waals surface area contributed by atoms with E-state index in [2.05, 4.69) is 9.97 Å². The average molecular weight is 268 g/mol. The van der Waals surface area contributed by atoms with Crippen LogP contribution in [0.1, 0.15) is 43.5 Å². The summed E-state index contributed by atoms with van der Waals surface area (Å²) in [6.07, 6.45) is -0.175. The second-order valence-corrected chi connectivity index (χ2v) is 4.81. The van der Waals surface area contributed by atoms with Gasteiger partial charge in [0.05, 0.1) is 0 Å². The number of aliphatic carboxylic acids is 1. The second kappa shape index (κ2) is 6.47. The van der Waals surface area contributed by atoms with Crippen molar-refractivity contribution in [3.8, 4) is 0 Å². The van der Waals surface area contributed by atoms with Gasteiger partial charge in [-0.2, -0.15) is 0 Å². The molecule has 0 aliphatic rings. The molecule has 106 valence electrons. The first-order valence-corrected chi connectivity index (χ1v) is 6.21. The smallest absolute Gasteiger partial charge is 0.303 e. The van der Waals surface area contributed by atoms with Crippen LogP contribution in [0.15, 0.2) is 4.79 Å². The summed E-state index contributed by atoms with van der Waals surface area (Å²) in [7, 11) is 1.57. The normalized spacial score (nSPS) is 12.7. The number of rotatable bonds is 6. The van der Waals surface area contributed by atoms with Gasteiger partial charge in [0.2, 0.25) is 0 Å². The van der Waals surface area contributed by atoms with Gasteiger partial charge in [-0.1, -0.05) is 13.8 Å². The minimum Gasteiger partial charge on any atom is -0.481 e.